The predicted molar refractivity (Wildman–Crippen MR) is 105 cm³/mol. The first kappa shape index (κ1) is 21.5. The molecule has 1 aromatic carbocycles. The normalized spacial score (nSPS) is 10.3. The minimum Gasteiger partial charge on any atom is -0.462 e. The van der Waals surface area contributed by atoms with Crippen LogP contribution in [0.2, 0.25) is 10.0 Å². The largest absolute Gasteiger partial charge is 0.462 e. The average Bonchev–Trinajstić information content (AvgIpc) is 2.54. The van der Waals surface area contributed by atoms with E-state index < -0.39 is 5.97 Å². The average molecular weight is 405 g/mol. The van der Waals surface area contributed by atoms with E-state index in [-0.39, 0.29) is 12.4 Å². The van der Waals surface area contributed by atoms with Gasteiger partial charge in [0.2, 0.25) is 0 Å². The molecule has 0 aliphatic carbocycles. The maximum atomic E-state index is 12.3. The highest BCUT2D eigenvalue weighted by Gasteiger charge is 2.15. The third kappa shape index (κ3) is 6.71. The van der Waals surface area contributed by atoms with Crippen molar-refractivity contribution in [3.05, 3.63) is 52.1 Å². The van der Waals surface area contributed by atoms with Crippen LogP contribution in [0.15, 0.2) is 36.5 Å². The molecule has 0 spiro atoms. The van der Waals surface area contributed by atoms with Crippen LogP contribution < -0.4 is 5.32 Å². The SMILES string of the molecule is CN(C)CCCOC(=O)c1cccnc1Nc1ccc(Cl)cc1Cl.Cl. The molecule has 0 aliphatic rings. The van der Waals surface area contributed by atoms with Gasteiger partial charge in [-0.05, 0) is 50.8 Å². The van der Waals surface area contributed by atoms with E-state index in [9.17, 15) is 4.79 Å². The number of carbonyl (C=O) groups excluding carboxylic acids is 1. The first-order valence-corrected chi connectivity index (χ1v) is 8.22. The monoisotopic (exact) mass is 403 g/mol. The number of nitrogens with zero attached hydrogens (tertiary/aromatic N) is 2. The second kappa shape index (κ2) is 10.5. The number of anilines is 2. The Labute approximate surface area is 163 Å². The minimum absolute atomic E-state index is 0. The van der Waals surface area contributed by atoms with Crippen molar-refractivity contribution in [2.75, 3.05) is 32.6 Å². The molecule has 5 nitrogen and oxygen atoms in total. The number of halogens is 3. The van der Waals surface area contributed by atoms with Crippen LogP contribution in [0.3, 0.4) is 0 Å². The van der Waals surface area contributed by atoms with Crippen LogP contribution in [0.1, 0.15) is 16.8 Å². The molecule has 1 aromatic heterocycles. The zero-order valence-electron chi connectivity index (χ0n) is 14.0. The maximum Gasteiger partial charge on any atom is 0.341 e. The molecule has 25 heavy (non-hydrogen) atoms. The molecule has 1 N–H and O–H groups in total. The quantitative estimate of drug-likeness (QED) is 0.537. The molecular weight excluding hydrogens is 385 g/mol. The summed E-state index contributed by atoms with van der Waals surface area (Å²) in [5, 5.41) is 4.02. The number of hydrogen-bond acceptors (Lipinski definition) is 5. The summed E-state index contributed by atoms with van der Waals surface area (Å²) in [5.74, 6) is -0.0335. The van der Waals surface area contributed by atoms with Crippen molar-refractivity contribution in [2.24, 2.45) is 0 Å². The predicted octanol–water partition coefficient (Wildman–Crippen LogP) is 4.66. The molecule has 0 bridgehead atoms. The van der Waals surface area contributed by atoms with Gasteiger partial charge in [-0.15, -0.1) is 12.4 Å². The molecule has 1 heterocycles. The zero-order valence-corrected chi connectivity index (χ0v) is 16.3. The van der Waals surface area contributed by atoms with Crippen LogP contribution in [-0.2, 0) is 4.74 Å². The second-order valence-corrected chi connectivity index (χ2v) is 6.29. The number of aromatic nitrogens is 1. The summed E-state index contributed by atoms with van der Waals surface area (Å²) in [6.45, 7) is 1.21. The van der Waals surface area contributed by atoms with Crippen molar-refractivity contribution in [1.29, 1.82) is 0 Å². The summed E-state index contributed by atoms with van der Waals surface area (Å²) in [6.07, 6.45) is 2.36. The lowest BCUT2D eigenvalue weighted by Gasteiger charge is -2.13. The van der Waals surface area contributed by atoms with E-state index in [2.05, 4.69) is 10.3 Å². The topological polar surface area (TPSA) is 54.5 Å². The van der Waals surface area contributed by atoms with Gasteiger partial charge in [-0.25, -0.2) is 9.78 Å². The highest BCUT2D eigenvalue weighted by molar-refractivity contribution is 6.36. The Morgan fingerprint density at radius 1 is 1.28 bits per heavy atom. The second-order valence-electron chi connectivity index (χ2n) is 5.44. The number of rotatable bonds is 7. The summed E-state index contributed by atoms with van der Waals surface area (Å²) in [7, 11) is 3.95. The molecule has 0 radical (unpaired) electrons. The molecular formula is C17H20Cl3N3O2. The van der Waals surface area contributed by atoms with E-state index in [1.807, 2.05) is 19.0 Å². The van der Waals surface area contributed by atoms with E-state index in [4.69, 9.17) is 27.9 Å². The standard InChI is InChI=1S/C17H19Cl2N3O2.ClH/c1-22(2)9-4-10-24-17(23)13-5-3-8-20-16(13)21-15-7-6-12(18)11-14(15)19;/h3,5-8,11H,4,9-10H2,1-2H3,(H,20,21);1H. The number of nitrogens with one attached hydrogen (secondary N) is 1. The number of esters is 1. The number of ether oxygens (including phenoxy) is 1. The molecule has 0 aliphatic heterocycles. The van der Waals surface area contributed by atoms with Gasteiger partial charge in [0.25, 0.3) is 0 Å². The molecule has 0 saturated carbocycles. The molecule has 0 atom stereocenters. The van der Waals surface area contributed by atoms with Crippen molar-refractivity contribution in [3.8, 4) is 0 Å². The third-order valence-corrected chi connectivity index (χ3v) is 3.74. The van der Waals surface area contributed by atoms with Gasteiger partial charge in [-0.3, -0.25) is 0 Å². The van der Waals surface area contributed by atoms with Gasteiger partial charge in [0.1, 0.15) is 11.4 Å². The smallest absolute Gasteiger partial charge is 0.341 e. The van der Waals surface area contributed by atoms with E-state index in [0.717, 1.165) is 13.0 Å². The van der Waals surface area contributed by atoms with Gasteiger partial charge in [0, 0.05) is 17.8 Å². The van der Waals surface area contributed by atoms with Crippen LogP contribution >= 0.6 is 35.6 Å². The first-order chi connectivity index (χ1) is 11.5. The molecule has 0 amide bonds. The number of carbonyl (C=O) groups is 1. The Bertz CT molecular complexity index is 711. The number of pyridine rings is 1. The van der Waals surface area contributed by atoms with Crippen LogP contribution in [0.5, 0.6) is 0 Å². The van der Waals surface area contributed by atoms with Gasteiger partial charge in [-0.1, -0.05) is 23.2 Å². The van der Waals surface area contributed by atoms with Crippen LogP contribution in [0.4, 0.5) is 11.5 Å². The van der Waals surface area contributed by atoms with Gasteiger partial charge < -0.3 is 15.0 Å². The Morgan fingerprint density at radius 3 is 2.72 bits per heavy atom. The summed E-state index contributed by atoms with van der Waals surface area (Å²) in [6, 6.07) is 8.40. The molecule has 2 rings (SSSR count). The minimum atomic E-state index is -0.422. The summed E-state index contributed by atoms with van der Waals surface area (Å²) < 4.78 is 5.31. The van der Waals surface area contributed by atoms with E-state index in [1.54, 1.807) is 36.5 Å². The lowest BCUT2D eigenvalue weighted by molar-refractivity contribution is 0.0494. The Hall–Kier alpha value is -1.53. The van der Waals surface area contributed by atoms with Gasteiger partial charge in [-0.2, -0.15) is 0 Å². The fourth-order valence-electron chi connectivity index (χ4n) is 2.01. The Kier molecular flexibility index (Phi) is 9.00. The van der Waals surface area contributed by atoms with Crippen molar-refractivity contribution in [3.63, 3.8) is 0 Å². The van der Waals surface area contributed by atoms with Crippen molar-refractivity contribution in [1.82, 2.24) is 9.88 Å². The summed E-state index contributed by atoms with van der Waals surface area (Å²) in [4.78, 5) is 18.5. The molecule has 8 heteroatoms. The molecule has 0 fully saturated rings. The molecule has 0 unspecified atom stereocenters. The third-order valence-electron chi connectivity index (χ3n) is 3.19. The van der Waals surface area contributed by atoms with E-state index in [1.165, 1.54) is 0 Å². The van der Waals surface area contributed by atoms with Crippen molar-refractivity contribution in [2.45, 2.75) is 6.42 Å². The Morgan fingerprint density at radius 2 is 2.04 bits per heavy atom. The van der Waals surface area contributed by atoms with Crippen LogP contribution in [0.25, 0.3) is 0 Å². The summed E-state index contributed by atoms with van der Waals surface area (Å²) >= 11 is 12.0. The summed E-state index contributed by atoms with van der Waals surface area (Å²) in [5.41, 5.74) is 0.967. The highest BCUT2D eigenvalue weighted by atomic mass is 35.5. The number of benzene rings is 1. The molecule has 2 aromatic rings. The van der Waals surface area contributed by atoms with Crippen molar-refractivity contribution < 1.29 is 9.53 Å². The zero-order chi connectivity index (χ0) is 17.5. The van der Waals surface area contributed by atoms with E-state index in [0.29, 0.717) is 33.7 Å². The van der Waals surface area contributed by atoms with Gasteiger partial charge in [0.05, 0.1) is 17.3 Å². The Balaban J connectivity index is 0.00000312. The van der Waals surface area contributed by atoms with Crippen LogP contribution in [0, 0.1) is 0 Å². The molecule has 0 saturated heterocycles. The molecule has 136 valence electrons. The van der Waals surface area contributed by atoms with Crippen molar-refractivity contribution >= 4 is 53.1 Å². The van der Waals surface area contributed by atoms with E-state index >= 15 is 0 Å². The van der Waals surface area contributed by atoms with Gasteiger partial charge >= 0.3 is 5.97 Å². The lowest BCUT2D eigenvalue weighted by atomic mass is 10.2. The highest BCUT2D eigenvalue weighted by Crippen LogP contribution is 2.28. The van der Waals surface area contributed by atoms with Crippen LogP contribution in [-0.4, -0.2) is 43.1 Å². The fraction of sp³-hybridized carbons (Fsp3) is 0.294. The maximum absolute atomic E-state index is 12.3. The first-order valence-electron chi connectivity index (χ1n) is 7.46. The van der Waals surface area contributed by atoms with Gasteiger partial charge in [0.15, 0.2) is 0 Å². The lowest BCUT2D eigenvalue weighted by Crippen LogP contribution is -2.16. The fourth-order valence-corrected chi connectivity index (χ4v) is 2.47. The number of hydrogen-bond donors (Lipinski definition) is 1.